The molecule has 0 saturated heterocycles. The molecule has 0 aromatic heterocycles. The van der Waals surface area contributed by atoms with Crippen LogP contribution in [0.5, 0.6) is 5.75 Å². The van der Waals surface area contributed by atoms with Crippen LogP contribution in [0.2, 0.25) is 0 Å². The first kappa shape index (κ1) is 22.6. The van der Waals surface area contributed by atoms with Crippen molar-refractivity contribution < 1.29 is 9.47 Å². The molecule has 152 valence electrons. The molecule has 3 nitrogen and oxygen atoms in total. The van der Waals surface area contributed by atoms with Crippen molar-refractivity contribution in [2.75, 3.05) is 21.0 Å². The van der Waals surface area contributed by atoms with Crippen LogP contribution in [0.3, 0.4) is 0 Å². The molecule has 0 amide bonds. The van der Waals surface area contributed by atoms with Crippen molar-refractivity contribution in [1.82, 2.24) is 0 Å². The second kappa shape index (κ2) is 10.7. The summed E-state index contributed by atoms with van der Waals surface area (Å²) >= 11 is 0. The Balaban J connectivity index is 2.63. The maximum Gasteiger partial charge on any atom is 0.188 e. The van der Waals surface area contributed by atoms with E-state index in [1.807, 2.05) is 13.3 Å². The molecule has 0 bridgehead atoms. The van der Waals surface area contributed by atoms with Crippen molar-refractivity contribution in [1.29, 1.82) is 0 Å². The Labute approximate surface area is 172 Å². The van der Waals surface area contributed by atoms with Gasteiger partial charge in [-0.3, -0.25) is 4.99 Å². The van der Waals surface area contributed by atoms with E-state index >= 15 is 0 Å². The molecule has 0 heterocycles. The quantitative estimate of drug-likeness (QED) is 0.290. The minimum Gasteiger partial charge on any atom is -0.467 e. The number of aryl methyl sites for hydroxylation is 2. The fourth-order valence-corrected chi connectivity index (χ4v) is 5.75. The van der Waals surface area contributed by atoms with Gasteiger partial charge in [-0.15, -0.1) is 0 Å². The van der Waals surface area contributed by atoms with Gasteiger partial charge in [-0.2, -0.15) is 0 Å². The van der Waals surface area contributed by atoms with Crippen molar-refractivity contribution >= 4 is 20.1 Å². The Bertz CT molecular complexity index is 803. The van der Waals surface area contributed by atoms with Gasteiger partial charge in [0, 0.05) is 31.1 Å². The highest BCUT2D eigenvalue weighted by atomic mass is 31.1. The van der Waals surface area contributed by atoms with Gasteiger partial charge in [-0.05, 0) is 43.1 Å². The van der Waals surface area contributed by atoms with Crippen LogP contribution in [0.4, 0.5) is 0 Å². The van der Waals surface area contributed by atoms with Crippen LogP contribution in [0.1, 0.15) is 55.4 Å². The van der Waals surface area contributed by atoms with E-state index in [1.165, 1.54) is 27.6 Å². The van der Waals surface area contributed by atoms with Crippen molar-refractivity contribution in [3.63, 3.8) is 0 Å². The Kier molecular flexibility index (Phi) is 8.66. The lowest BCUT2D eigenvalue weighted by Gasteiger charge is -2.36. The summed E-state index contributed by atoms with van der Waals surface area (Å²) in [6.45, 7) is 9.15. The first-order valence-corrected chi connectivity index (χ1v) is 11.0. The molecule has 0 aliphatic rings. The standard InChI is InChI=1S/C24H34NO2P/c1-7-13-24(8-2,28-22-12-10-9-11-20(22)16-25-5)21-15-18(3)14-19(4)23(21)27-17-26-6/h9-12,14-16,28H,7-8,13,17H2,1-6H3/b25-16+. The predicted molar refractivity (Wildman–Crippen MR) is 123 cm³/mol. The topological polar surface area (TPSA) is 30.8 Å². The summed E-state index contributed by atoms with van der Waals surface area (Å²) in [5, 5.41) is 1.40. The zero-order valence-corrected chi connectivity index (χ0v) is 19.1. The number of benzene rings is 2. The van der Waals surface area contributed by atoms with Crippen molar-refractivity contribution in [3.05, 3.63) is 58.7 Å². The van der Waals surface area contributed by atoms with Gasteiger partial charge in [0.1, 0.15) is 5.75 Å². The van der Waals surface area contributed by atoms with Crippen LogP contribution < -0.4 is 10.0 Å². The Morgan fingerprint density at radius 3 is 2.54 bits per heavy atom. The molecule has 0 aliphatic carbocycles. The Morgan fingerprint density at radius 2 is 1.89 bits per heavy atom. The molecule has 28 heavy (non-hydrogen) atoms. The lowest BCUT2D eigenvalue weighted by molar-refractivity contribution is 0.0494. The Morgan fingerprint density at radius 1 is 1.14 bits per heavy atom. The van der Waals surface area contributed by atoms with E-state index in [0.29, 0.717) is 8.58 Å². The van der Waals surface area contributed by atoms with Crippen molar-refractivity contribution in [2.24, 2.45) is 4.99 Å². The summed E-state index contributed by atoms with van der Waals surface area (Å²) in [6.07, 6.45) is 5.27. The lowest BCUT2D eigenvalue weighted by atomic mass is 9.87. The molecule has 4 heteroatoms. The van der Waals surface area contributed by atoms with Crippen molar-refractivity contribution in [3.8, 4) is 5.75 Å². The minimum absolute atomic E-state index is 0.0340. The van der Waals surface area contributed by atoms with E-state index in [1.54, 1.807) is 7.11 Å². The summed E-state index contributed by atoms with van der Waals surface area (Å²) in [5.41, 5.74) is 4.97. The van der Waals surface area contributed by atoms with E-state index in [9.17, 15) is 0 Å². The summed E-state index contributed by atoms with van der Waals surface area (Å²) in [7, 11) is 4.14. The van der Waals surface area contributed by atoms with Gasteiger partial charge in [0.2, 0.25) is 0 Å². The smallest absolute Gasteiger partial charge is 0.188 e. The van der Waals surface area contributed by atoms with Crippen LogP contribution in [0.25, 0.3) is 0 Å². The average molecular weight is 400 g/mol. The number of methoxy groups -OCH3 is 1. The second-order valence-corrected chi connectivity index (χ2v) is 9.04. The third-order valence-corrected chi connectivity index (χ3v) is 7.22. The first-order valence-electron chi connectivity index (χ1n) is 10.0. The lowest BCUT2D eigenvalue weighted by Crippen LogP contribution is -2.25. The molecule has 0 radical (unpaired) electrons. The number of aliphatic imine (C=N–C) groups is 1. The predicted octanol–water partition coefficient (Wildman–Crippen LogP) is 5.74. The number of nitrogens with zero attached hydrogens (tertiary/aromatic N) is 1. The summed E-state index contributed by atoms with van der Waals surface area (Å²) in [4.78, 5) is 4.27. The molecule has 0 saturated carbocycles. The molecule has 2 unspecified atom stereocenters. The van der Waals surface area contributed by atoms with E-state index < -0.39 is 0 Å². The Hall–Kier alpha value is -1.70. The number of rotatable bonds is 10. The molecule has 0 aliphatic heterocycles. The summed E-state index contributed by atoms with van der Waals surface area (Å²) < 4.78 is 11.3. The van der Waals surface area contributed by atoms with Crippen LogP contribution in [0, 0.1) is 13.8 Å². The van der Waals surface area contributed by atoms with E-state index in [-0.39, 0.29) is 11.9 Å². The van der Waals surface area contributed by atoms with E-state index in [0.717, 1.165) is 25.0 Å². The normalized spacial score (nSPS) is 14.1. The largest absolute Gasteiger partial charge is 0.467 e. The zero-order chi connectivity index (χ0) is 20.6. The summed E-state index contributed by atoms with van der Waals surface area (Å²) in [5.74, 6) is 0.983. The van der Waals surface area contributed by atoms with Crippen LogP contribution >= 0.6 is 8.58 Å². The molecule has 0 fully saturated rings. The molecular formula is C24H34NO2P. The van der Waals surface area contributed by atoms with Crippen LogP contribution in [-0.4, -0.2) is 27.2 Å². The van der Waals surface area contributed by atoms with Gasteiger partial charge in [-0.25, -0.2) is 0 Å². The molecular weight excluding hydrogens is 365 g/mol. The van der Waals surface area contributed by atoms with E-state index in [2.05, 4.69) is 69.1 Å². The van der Waals surface area contributed by atoms with Gasteiger partial charge in [-0.1, -0.05) is 70.8 Å². The second-order valence-electron chi connectivity index (χ2n) is 7.29. The fraction of sp³-hybridized carbons (Fsp3) is 0.458. The van der Waals surface area contributed by atoms with Gasteiger partial charge >= 0.3 is 0 Å². The van der Waals surface area contributed by atoms with Crippen molar-refractivity contribution in [2.45, 2.75) is 52.1 Å². The molecule has 2 rings (SSSR count). The van der Waals surface area contributed by atoms with Gasteiger partial charge in [0.15, 0.2) is 6.79 Å². The van der Waals surface area contributed by atoms with E-state index in [4.69, 9.17) is 9.47 Å². The zero-order valence-electron chi connectivity index (χ0n) is 18.1. The maximum atomic E-state index is 6.10. The number of ether oxygens (including phenoxy) is 2. The molecule has 2 atom stereocenters. The molecule has 0 spiro atoms. The third-order valence-electron chi connectivity index (χ3n) is 5.14. The van der Waals surface area contributed by atoms with Crippen LogP contribution in [-0.2, 0) is 9.89 Å². The monoisotopic (exact) mass is 399 g/mol. The maximum absolute atomic E-state index is 6.10. The fourth-order valence-electron chi connectivity index (χ4n) is 3.89. The third kappa shape index (κ3) is 5.21. The molecule has 0 N–H and O–H groups in total. The minimum atomic E-state index is 0.0340. The van der Waals surface area contributed by atoms with Gasteiger partial charge < -0.3 is 9.47 Å². The first-order chi connectivity index (χ1) is 13.5. The van der Waals surface area contributed by atoms with Crippen LogP contribution in [0.15, 0.2) is 41.4 Å². The number of hydrogen-bond donors (Lipinski definition) is 0. The highest BCUT2D eigenvalue weighted by Crippen LogP contribution is 2.52. The van der Waals surface area contributed by atoms with Gasteiger partial charge in [0.25, 0.3) is 0 Å². The average Bonchev–Trinajstić information content (AvgIpc) is 2.68. The highest BCUT2D eigenvalue weighted by Gasteiger charge is 2.34. The van der Waals surface area contributed by atoms with Gasteiger partial charge in [0.05, 0.1) is 0 Å². The highest BCUT2D eigenvalue weighted by molar-refractivity contribution is 7.48. The molecule has 2 aromatic carbocycles. The summed E-state index contributed by atoms with van der Waals surface area (Å²) in [6, 6.07) is 13.1. The number of hydrogen-bond acceptors (Lipinski definition) is 3. The molecule has 2 aromatic rings. The SMILES string of the molecule is CCCC(CC)(Pc1ccccc1/C=N/C)c1cc(C)cc(C)c1OCOC.